The van der Waals surface area contributed by atoms with E-state index in [0.29, 0.717) is 12.8 Å². The van der Waals surface area contributed by atoms with Crippen LogP contribution < -0.4 is 5.32 Å². The molecule has 0 aliphatic heterocycles. The highest BCUT2D eigenvalue weighted by Crippen LogP contribution is 2.32. The predicted molar refractivity (Wildman–Crippen MR) is 68.0 cm³/mol. The molecule has 0 bridgehead atoms. The Labute approximate surface area is 115 Å². The molecule has 2 rings (SSSR count). The lowest BCUT2D eigenvalue weighted by atomic mass is 9.93. The molecule has 0 spiro atoms. The van der Waals surface area contributed by atoms with E-state index in [0.717, 1.165) is 12.8 Å². The van der Waals surface area contributed by atoms with Crippen LogP contribution in [0.25, 0.3) is 0 Å². The third-order valence-corrected chi connectivity index (χ3v) is 3.48. The Morgan fingerprint density at radius 1 is 1.32 bits per heavy atom. The van der Waals surface area contributed by atoms with Crippen molar-refractivity contribution in [3.63, 3.8) is 0 Å². The minimum absolute atomic E-state index is 0.0697. The van der Waals surface area contributed by atoms with E-state index in [9.17, 15) is 9.59 Å². The quantitative estimate of drug-likeness (QED) is 0.876. The molecule has 1 saturated carbocycles. The summed E-state index contributed by atoms with van der Waals surface area (Å²) < 4.78 is 0. The third-order valence-electron chi connectivity index (χ3n) is 3.28. The van der Waals surface area contributed by atoms with Crippen molar-refractivity contribution in [1.29, 1.82) is 0 Å². The van der Waals surface area contributed by atoms with Crippen LogP contribution in [0.3, 0.4) is 0 Å². The molecule has 19 heavy (non-hydrogen) atoms. The number of aromatic nitrogens is 2. The van der Waals surface area contributed by atoms with Gasteiger partial charge in [0.15, 0.2) is 0 Å². The molecule has 7 heteroatoms. The Morgan fingerprint density at radius 2 is 2.00 bits per heavy atom. The van der Waals surface area contributed by atoms with Gasteiger partial charge in [-0.2, -0.15) is 0 Å². The summed E-state index contributed by atoms with van der Waals surface area (Å²) in [6, 6.07) is 0. The lowest BCUT2D eigenvalue weighted by Gasteiger charge is -2.28. The van der Waals surface area contributed by atoms with Crippen molar-refractivity contribution in [2.24, 2.45) is 0 Å². The van der Waals surface area contributed by atoms with E-state index in [1.54, 1.807) is 0 Å². The average molecular weight is 284 g/mol. The Morgan fingerprint density at radius 3 is 2.53 bits per heavy atom. The molecule has 0 atom stereocenters. The van der Waals surface area contributed by atoms with Crippen molar-refractivity contribution in [2.45, 2.75) is 37.6 Å². The monoisotopic (exact) mass is 283 g/mol. The zero-order valence-electron chi connectivity index (χ0n) is 10.2. The fourth-order valence-electron chi connectivity index (χ4n) is 2.42. The van der Waals surface area contributed by atoms with E-state index >= 15 is 0 Å². The van der Waals surface area contributed by atoms with Crippen LogP contribution in [0.4, 0.5) is 0 Å². The number of amides is 1. The molecule has 1 aliphatic carbocycles. The molecule has 1 aromatic heterocycles. The lowest BCUT2D eigenvalue weighted by Crippen LogP contribution is -2.48. The van der Waals surface area contributed by atoms with Crippen LogP contribution in [0.5, 0.6) is 0 Å². The number of carbonyl (C=O) groups is 2. The standard InChI is InChI=1S/C12H14ClN3O3/c13-9-7-14-8(6-15-9)11(19)16-12(5-10(17)18)3-1-2-4-12/h6-7H,1-5H2,(H,16,19)(H,17,18). The van der Waals surface area contributed by atoms with Gasteiger partial charge in [-0.3, -0.25) is 9.59 Å². The van der Waals surface area contributed by atoms with Gasteiger partial charge in [-0.1, -0.05) is 24.4 Å². The number of rotatable bonds is 4. The largest absolute Gasteiger partial charge is 0.481 e. The summed E-state index contributed by atoms with van der Waals surface area (Å²) in [6.07, 6.45) is 5.67. The van der Waals surface area contributed by atoms with Gasteiger partial charge in [-0.15, -0.1) is 0 Å². The summed E-state index contributed by atoms with van der Waals surface area (Å²) >= 11 is 5.60. The second-order valence-corrected chi connectivity index (χ2v) is 5.12. The summed E-state index contributed by atoms with van der Waals surface area (Å²) in [4.78, 5) is 30.6. The molecule has 102 valence electrons. The maximum absolute atomic E-state index is 12.0. The van der Waals surface area contributed by atoms with Gasteiger partial charge in [0.1, 0.15) is 10.8 Å². The first-order chi connectivity index (χ1) is 9.01. The fourth-order valence-corrected chi connectivity index (χ4v) is 2.52. The van der Waals surface area contributed by atoms with Crippen molar-refractivity contribution >= 4 is 23.5 Å². The molecule has 6 nitrogen and oxygen atoms in total. The molecule has 1 aliphatic rings. The smallest absolute Gasteiger partial charge is 0.305 e. The van der Waals surface area contributed by atoms with Crippen molar-refractivity contribution in [3.05, 3.63) is 23.2 Å². The van der Waals surface area contributed by atoms with Gasteiger partial charge in [0, 0.05) is 0 Å². The highest BCUT2D eigenvalue weighted by molar-refractivity contribution is 6.29. The molecule has 0 radical (unpaired) electrons. The number of aliphatic carboxylic acids is 1. The first-order valence-electron chi connectivity index (χ1n) is 6.03. The Balaban J connectivity index is 2.11. The van der Waals surface area contributed by atoms with Gasteiger partial charge in [0.05, 0.1) is 24.4 Å². The van der Waals surface area contributed by atoms with E-state index in [2.05, 4.69) is 15.3 Å². The van der Waals surface area contributed by atoms with Crippen LogP contribution in [0.2, 0.25) is 5.15 Å². The highest BCUT2D eigenvalue weighted by atomic mass is 35.5. The maximum Gasteiger partial charge on any atom is 0.305 e. The van der Waals surface area contributed by atoms with E-state index in [-0.39, 0.29) is 17.3 Å². The number of carbonyl (C=O) groups excluding carboxylic acids is 1. The summed E-state index contributed by atoms with van der Waals surface area (Å²) in [7, 11) is 0. The van der Waals surface area contributed by atoms with Gasteiger partial charge in [-0.25, -0.2) is 9.97 Å². The number of carboxylic acid groups (broad SMARTS) is 1. The summed E-state index contributed by atoms with van der Waals surface area (Å²) in [6.45, 7) is 0. The van der Waals surface area contributed by atoms with Crippen LogP contribution in [0.15, 0.2) is 12.4 Å². The molecular weight excluding hydrogens is 270 g/mol. The Kier molecular flexibility index (Phi) is 3.99. The molecular formula is C12H14ClN3O3. The van der Waals surface area contributed by atoms with Crippen LogP contribution in [-0.2, 0) is 4.79 Å². The SMILES string of the molecule is O=C(O)CC1(NC(=O)c2cnc(Cl)cn2)CCCC1. The van der Waals surface area contributed by atoms with Crippen LogP contribution in [0, 0.1) is 0 Å². The number of halogens is 1. The lowest BCUT2D eigenvalue weighted by molar-refractivity contribution is -0.138. The Bertz CT molecular complexity index is 483. The van der Waals surface area contributed by atoms with Crippen LogP contribution in [-0.4, -0.2) is 32.5 Å². The van der Waals surface area contributed by atoms with E-state index < -0.39 is 17.4 Å². The number of nitrogens with one attached hydrogen (secondary N) is 1. The number of carboxylic acids is 1. The molecule has 0 unspecified atom stereocenters. The van der Waals surface area contributed by atoms with Crippen molar-refractivity contribution in [3.8, 4) is 0 Å². The third kappa shape index (κ3) is 3.41. The second-order valence-electron chi connectivity index (χ2n) is 4.74. The van der Waals surface area contributed by atoms with E-state index in [1.165, 1.54) is 12.4 Å². The molecule has 0 saturated heterocycles. The number of nitrogens with zero attached hydrogens (tertiary/aromatic N) is 2. The zero-order chi connectivity index (χ0) is 13.9. The minimum atomic E-state index is -0.913. The summed E-state index contributed by atoms with van der Waals surface area (Å²) in [5, 5.41) is 12.0. The molecule has 1 amide bonds. The van der Waals surface area contributed by atoms with E-state index in [4.69, 9.17) is 16.7 Å². The predicted octanol–water partition coefficient (Wildman–Crippen LogP) is 1.65. The van der Waals surface area contributed by atoms with Gasteiger partial charge in [0.2, 0.25) is 0 Å². The van der Waals surface area contributed by atoms with E-state index in [1.807, 2.05) is 0 Å². The first kappa shape index (κ1) is 13.7. The van der Waals surface area contributed by atoms with Crippen molar-refractivity contribution in [2.75, 3.05) is 0 Å². The molecule has 1 aromatic rings. The topological polar surface area (TPSA) is 92.2 Å². The normalized spacial score (nSPS) is 17.1. The molecule has 0 aromatic carbocycles. The van der Waals surface area contributed by atoms with Crippen LogP contribution in [0.1, 0.15) is 42.6 Å². The summed E-state index contributed by atoms with van der Waals surface area (Å²) in [5.41, 5.74) is -0.523. The molecule has 1 heterocycles. The number of hydrogen-bond acceptors (Lipinski definition) is 4. The van der Waals surface area contributed by atoms with Gasteiger partial charge in [-0.05, 0) is 12.8 Å². The summed E-state index contributed by atoms with van der Waals surface area (Å²) in [5.74, 6) is -1.32. The van der Waals surface area contributed by atoms with Gasteiger partial charge >= 0.3 is 5.97 Å². The number of hydrogen-bond donors (Lipinski definition) is 2. The fraction of sp³-hybridized carbons (Fsp3) is 0.500. The molecule has 2 N–H and O–H groups in total. The van der Waals surface area contributed by atoms with Gasteiger partial charge < -0.3 is 10.4 Å². The Hall–Kier alpha value is -1.69. The van der Waals surface area contributed by atoms with Crippen molar-refractivity contribution < 1.29 is 14.7 Å². The van der Waals surface area contributed by atoms with Crippen LogP contribution >= 0.6 is 11.6 Å². The second kappa shape index (κ2) is 5.52. The molecule has 1 fully saturated rings. The van der Waals surface area contributed by atoms with Gasteiger partial charge in [0.25, 0.3) is 5.91 Å². The maximum atomic E-state index is 12.0. The van der Waals surface area contributed by atoms with Crippen molar-refractivity contribution in [1.82, 2.24) is 15.3 Å². The first-order valence-corrected chi connectivity index (χ1v) is 6.40. The zero-order valence-corrected chi connectivity index (χ0v) is 11.0. The minimum Gasteiger partial charge on any atom is -0.481 e. The highest BCUT2D eigenvalue weighted by Gasteiger charge is 2.37. The average Bonchev–Trinajstić information content (AvgIpc) is 2.77.